The van der Waals surface area contributed by atoms with Crippen molar-refractivity contribution in [3.05, 3.63) is 91.9 Å². The molecule has 0 heterocycles. The van der Waals surface area contributed by atoms with Crippen molar-refractivity contribution in [1.29, 1.82) is 5.26 Å². The van der Waals surface area contributed by atoms with Crippen LogP contribution in [0.15, 0.2) is 54.6 Å². The molecular weight excluding hydrogens is 441 g/mol. The highest BCUT2D eigenvalue weighted by Gasteiger charge is 2.13. The molecule has 0 aromatic heterocycles. The normalized spacial score (nSPS) is 11.1. The summed E-state index contributed by atoms with van der Waals surface area (Å²) in [4.78, 5) is 0. The lowest BCUT2D eigenvalue weighted by Crippen LogP contribution is -1.99. The maximum Gasteiger partial charge on any atom is 0.180 e. The molecule has 0 fully saturated rings. The molecule has 152 valence electrons. The molecule has 0 amide bonds. The number of hydrogen-bond donors (Lipinski definition) is 0. The molecule has 3 aromatic rings. The summed E-state index contributed by atoms with van der Waals surface area (Å²) in [6.07, 6.45) is 1.76. The van der Waals surface area contributed by atoms with Gasteiger partial charge < -0.3 is 9.47 Å². The molecular formula is C24H18Cl3NO2. The van der Waals surface area contributed by atoms with Crippen LogP contribution in [0.5, 0.6) is 11.5 Å². The third-order valence-electron chi connectivity index (χ3n) is 4.43. The molecule has 0 unspecified atom stereocenters. The van der Waals surface area contributed by atoms with Crippen LogP contribution >= 0.6 is 34.8 Å². The summed E-state index contributed by atoms with van der Waals surface area (Å²) in [6.45, 7) is 2.20. The van der Waals surface area contributed by atoms with E-state index in [-0.39, 0.29) is 6.61 Å². The first-order valence-electron chi connectivity index (χ1n) is 9.04. The summed E-state index contributed by atoms with van der Waals surface area (Å²) in [5, 5.41) is 11.0. The highest BCUT2D eigenvalue weighted by atomic mass is 35.5. The van der Waals surface area contributed by atoms with E-state index in [9.17, 15) is 5.26 Å². The number of halogens is 3. The van der Waals surface area contributed by atoms with Crippen LogP contribution in [-0.2, 0) is 6.61 Å². The third kappa shape index (κ3) is 5.29. The van der Waals surface area contributed by atoms with E-state index in [4.69, 9.17) is 44.3 Å². The van der Waals surface area contributed by atoms with Gasteiger partial charge in [0.2, 0.25) is 0 Å². The van der Waals surface area contributed by atoms with Crippen LogP contribution in [0.1, 0.15) is 22.3 Å². The average molecular weight is 459 g/mol. The molecule has 3 aromatic carbocycles. The van der Waals surface area contributed by atoms with Gasteiger partial charge in [0.25, 0.3) is 0 Å². The fourth-order valence-corrected chi connectivity index (χ4v) is 3.57. The van der Waals surface area contributed by atoms with Crippen LogP contribution < -0.4 is 9.47 Å². The lowest BCUT2D eigenvalue weighted by molar-refractivity contribution is 0.285. The molecule has 0 saturated heterocycles. The van der Waals surface area contributed by atoms with E-state index in [0.717, 1.165) is 22.3 Å². The molecule has 6 heteroatoms. The summed E-state index contributed by atoms with van der Waals surface area (Å²) in [7, 11) is 1.53. The number of ether oxygens (including phenoxy) is 2. The standard InChI is InChI=1S/C24H18Cl3NO2/c1-15-3-5-17(6-4-15)19(13-28)9-16-10-22(27)24(23(11-16)29-2)30-14-18-7-8-20(25)12-21(18)26/h3-12H,14H2,1-2H3/b19-9-. The van der Waals surface area contributed by atoms with Crippen LogP contribution in [0, 0.1) is 18.3 Å². The number of methoxy groups -OCH3 is 1. The fourth-order valence-electron chi connectivity index (χ4n) is 2.83. The molecule has 0 aliphatic rings. The maximum absolute atomic E-state index is 9.59. The molecule has 0 radical (unpaired) electrons. The van der Waals surface area contributed by atoms with Crippen molar-refractivity contribution in [2.24, 2.45) is 0 Å². The first-order valence-corrected chi connectivity index (χ1v) is 10.2. The number of hydrogen-bond acceptors (Lipinski definition) is 3. The molecule has 0 atom stereocenters. The van der Waals surface area contributed by atoms with E-state index in [0.29, 0.717) is 32.1 Å². The fraction of sp³-hybridized carbons (Fsp3) is 0.125. The van der Waals surface area contributed by atoms with Gasteiger partial charge in [0, 0.05) is 15.6 Å². The van der Waals surface area contributed by atoms with Gasteiger partial charge in [-0.25, -0.2) is 0 Å². The summed E-state index contributed by atoms with van der Waals surface area (Å²) in [5.41, 5.74) is 3.98. The van der Waals surface area contributed by atoms with Crippen molar-refractivity contribution in [1.82, 2.24) is 0 Å². The summed E-state index contributed by atoms with van der Waals surface area (Å²) in [5.74, 6) is 0.858. The Hall–Kier alpha value is -2.64. The zero-order chi connectivity index (χ0) is 21.7. The Morgan fingerprint density at radius 3 is 2.37 bits per heavy atom. The van der Waals surface area contributed by atoms with E-state index in [1.807, 2.05) is 31.2 Å². The Bertz CT molecular complexity index is 1130. The first-order chi connectivity index (χ1) is 14.4. The SMILES string of the molecule is COc1cc(/C=C(/C#N)c2ccc(C)cc2)cc(Cl)c1OCc1ccc(Cl)cc1Cl. The lowest BCUT2D eigenvalue weighted by atomic mass is 10.0. The topological polar surface area (TPSA) is 42.2 Å². The largest absolute Gasteiger partial charge is 0.493 e. The molecule has 0 spiro atoms. The summed E-state index contributed by atoms with van der Waals surface area (Å²) in [6, 6.07) is 18.7. The zero-order valence-corrected chi connectivity index (χ0v) is 18.6. The number of aryl methyl sites for hydroxylation is 1. The van der Waals surface area contributed by atoms with Crippen LogP contribution in [0.25, 0.3) is 11.6 Å². The second kappa shape index (κ2) is 9.91. The van der Waals surface area contributed by atoms with Crippen molar-refractivity contribution < 1.29 is 9.47 Å². The monoisotopic (exact) mass is 457 g/mol. The molecule has 3 rings (SSSR count). The highest BCUT2D eigenvalue weighted by molar-refractivity contribution is 6.35. The van der Waals surface area contributed by atoms with Gasteiger partial charge >= 0.3 is 0 Å². The van der Waals surface area contributed by atoms with Crippen molar-refractivity contribution in [3.8, 4) is 17.6 Å². The summed E-state index contributed by atoms with van der Waals surface area (Å²) >= 11 is 18.6. The van der Waals surface area contributed by atoms with Crippen LogP contribution in [0.4, 0.5) is 0 Å². The second-order valence-electron chi connectivity index (χ2n) is 6.59. The van der Waals surface area contributed by atoms with Crippen LogP contribution in [-0.4, -0.2) is 7.11 Å². The molecule has 0 N–H and O–H groups in total. The van der Waals surface area contributed by atoms with Gasteiger partial charge in [0.1, 0.15) is 6.61 Å². The van der Waals surface area contributed by atoms with Crippen molar-refractivity contribution in [2.45, 2.75) is 13.5 Å². The number of nitriles is 1. The molecule has 0 aliphatic carbocycles. The second-order valence-corrected chi connectivity index (χ2v) is 7.85. The van der Waals surface area contributed by atoms with Crippen molar-refractivity contribution in [2.75, 3.05) is 7.11 Å². The van der Waals surface area contributed by atoms with Gasteiger partial charge in [0.15, 0.2) is 11.5 Å². The van der Waals surface area contributed by atoms with Gasteiger partial charge in [-0.1, -0.05) is 70.7 Å². The van der Waals surface area contributed by atoms with E-state index in [1.54, 1.807) is 36.4 Å². The minimum atomic E-state index is 0.202. The number of allylic oxidation sites excluding steroid dienone is 1. The third-order valence-corrected chi connectivity index (χ3v) is 5.30. The Kier molecular flexibility index (Phi) is 7.29. The predicted molar refractivity (Wildman–Crippen MR) is 123 cm³/mol. The van der Waals surface area contributed by atoms with E-state index >= 15 is 0 Å². The molecule has 30 heavy (non-hydrogen) atoms. The van der Waals surface area contributed by atoms with Gasteiger partial charge in [-0.05, 0) is 48.4 Å². The quantitative estimate of drug-likeness (QED) is 0.282. The Balaban J connectivity index is 1.89. The zero-order valence-electron chi connectivity index (χ0n) is 16.4. The summed E-state index contributed by atoms with van der Waals surface area (Å²) < 4.78 is 11.3. The molecule has 0 aliphatic heterocycles. The number of rotatable bonds is 6. The predicted octanol–water partition coefficient (Wildman–Crippen LogP) is 7.61. The lowest BCUT2D eigenvalue weighted by Gasteiger charge is -2.14. The minimum Gasteiger partial charge on any atom is -0.493 e. The molecule has 0 saturated carbocycles. The molecule has 3 nitrogen and oxygen atoms in total. The highest BCUT2D eigenvalue weighted by Crippen LogP contribution is 2.38. The van der Waals surface area contributed by atoms with Crippen molar-refractivity contribution >= 4 is 46.5 Å². The van der Waals surface area contributed by atoms with E-state index < -0.39 is 0 Å². The van der Waals surface area contributed by atoms with Gasteiger partial charge in [-0.3, -0.25) is 0 Å². The minimum absolute atomic E-state index is 0.202. The first kappa shape index (κ1) is 22.1. The smallest absolute Gasteiger partial charge is 0.180 e. The van der Waals surface area contributed by atoms with E-state index in [1.165, 1.54) is 7.11 Å². The maximum atomic E-state index is 9.59. The van der Waals surface area contributed by atoms with Gasteiger partial charge in [0.05, 0.1) is 23.8 Å². The molecule has 0 bridgehead atoms. The van der Waals surface area contributed by atoms with Crippen LogP contribution in [0.2, 0.25) is 15.1 Å². The Morgan fingerprint density at radius 2 is 1.73 bits per heavy atom. The number of benzene rings is 3. The van der Waals surface area contributed by atoms with E-state index in [2.05, 4.69) is 6.07 Å². The Morgan fingerprint density at radius 1 is 1.00 bits per heavy atom. The number of nitrogens with zero attached hydrogens (tertiary/aromatic N) is 1. The van der Waals surface area contributed by atoms with Crippen molar-refractivity contribution in [3.63, 3.8) is 0 Å². The van der Waals surface area contributed by atoms with Gasteiger partial charge in [-0.15, -0.1) is 0 Å². The Labute approximate surface area is 191 Å². The van der Waals surface area contributed by atoms with Crippen LogP contribution in [0.3, 0.4) is 0 Å². The average Bonchev–Trinajstić information content (AvgIpc) is 2.72. The van der Waals surface area contributed by atoms with Gasteiger partial charge in [-0.2, -0.15) is 5.26 Å².